The summed E-state index contributed by atoms with van der Waals surface area (Å²) in [5.74, 6) is 1.58. The monoisotopic (exact) mass is 206 g/mol. The highest BCUT2D eigenvalue weighted by atomic mass is 16.5. The van der Waals surface area contributed by atoms with E-state index in [9.17, 15) is 0 Å². The SMILES string of the molecule is COc1cc(N2CC=CCC2)nc(N)n1. The largest absolute Gasteiger partial charge is 0.481 e. The number of rotatable bonds is 2. The lowest BCUT2D eigenvalue weighted by Gasteiger charge is -2.24. The van der Waals surface area contributed by atoms with E-state index >= 15 is 0 Å². The zero-order valence-electron chi connectivity index (χ0n) is 8.68. The highest BCUT2D eigenvalue weighted by Gasteiger charge is 2.11. The number of nitrogen functional groups attached to an aromatic ring is 1. The lowest BCUT2D eigenvalue weighted by Crippen LogP contribution is -2.27. The quantitative estimate of drug-likeness (QED) is 0.726. The summed E-state index contributed by atoms with van der Waals surface area (Å²) in [6.07, 6.45) is 5.32. The van der Waals surface area contributed by atoms with Crippen LogP contribution in [-0.4, -0.2) is 30.2 Å². The van der Waals surface area contributed by atoms with E-state index in [2.05, 4.69) is 27.0 Å². The highest BCUT2D eigenvalue weighted by molar-refractivity contribution is 5.46. The van der Waals surface area contributed by atoms with E-state index < -0.39 is 0 Å². The van der Waals surface area contributed by atoms with Crippen molar-refractivity contribution in [3.8, 4) is 5.88 Å². The maximum Gasteiger partial charge on any atom is 0.225 e. The number of ether oxygens (including phenoxy) is 1. The molecular formula is C10H14N4O. The van der Waals surface area contributed by atoms with Crippen molar-refractivity contribution in [2.45, 2.75) is 6.42 Å². The van der Waals surface area contributed by atoms with Crippen LogP contribution in [0.25, 0.3) is 0 Å². The summed E-state index contributed by atoms with van der Waals surface area (Å²) in [5.41, 5.74) is 5.59. The van der Waals surface area contributed by atoms with Crippen molar-refractivity contribution >= 4 is 11.8 Å². The topological polar surface area (TPSA) is 64.3 Å². The predicted octanol–water partition coefficient (Wildman–Crippen LogP) is 0.834. The van der Waals surface area contributed by atoms with E-state index in [4.69, 9.17) is 10.5 Å². The van der Waals surface area contributed by atoms with Gasteiger partial charge in [-0.3, -0.25) is 0 Å². The second-order valence-corrected chi connectivity index (χ2v) is 3.33. The van der Waals surface area contributed by atoms with Gasteiger partial charge in [-0.25, -0.2) is 0 Å². The predicted molar refractivity (Wildman–Crippen MR) is 59.0 cm³/mol. The molecule has 15 heavy (non-hydrogen) atoms. The zero-order chi connectivity index (χ0) is 10.7. The third-order valence-electron chi connectivity index (χ3n) is 2.30. The smallest absolute Gasteiger partial charge is 0.225 e. The molecule has 2 heterocycles. The minimum atomic E-state index is 0.249. The van der Waals surface area contributed by atoms with E-state index in [1.54, 1.807) is 13.2 Å². The molecule has 0 aromatic carbocycles. The van der Waals surface area contributed by atoms with Crippen LogP contribution in [0.4, 0.5) is 11.8 Å². The maximum absolute atomic E-state index is 5.59. The Morgan fingerprint density at radius 1 is 1.40 bits per heavy atom. The van der Waals surface area contributed by atoms with Gasteiger partial charge in [0.1, 0.15) is 5.82 Å². The minimum absolute atomic E-state index is 0.249. The molecule has 1 aromatic heterocycles. The second kappa shape index (κ2) is 4.16. The fourth-order valence-corrected chi connectivity index (χ4v) is 1.55. The van der Waals surface area contributed by atoms with Gasteiger partial charge in [0.25, 0.3) is 0 Å². The van der Waals surface area contributed by atoms with Gasteiger partial charge in [-0.15, -0.1) is 0 Å². The highest BCUT2D eigenvalue weighted by Crippen LogP contribution is 2.19. The van der Waals surface area contributed by atoms with E-state index in [0.29, 0.717) is 5.88 Å². The van der Waals surface area contributed by atoms with Gasteiger partial charge in [-0.2, -0.15) is 9.97 Å². The molecule has 0 amide bonds. The molecule has 5 heteroatoms. The van der Waals surface area contributed by atoms with E-state index in [1.165, 1.54) is 0 Å². The normalized spacial score (nSPS) is 15.4. The molecule has 5 nitrogen and oxygen atoms in total. The van der Waals surface area contributed by atoms with Crippen molar-refractivity contribution in [1.29, 1.82) is 0 Å². The minimum Gasteiger partial charge on any atom is -0.481 e. The molecule has 2 N–H and O–H groups in total. The summed E-state index contributed by atoms with van der Waals surface area (Å²) in [7, 11) is 1.57. The molecule has 0 atom stereocenters. The summed E-state index contributed by atoms with van der Waals surface area (Å²) in [6, 6.07) is 1.80. The summed E-state index contributed by atoms with van der Waals surface area (Å²) >= 11 is 0. The molecule has 0 unspecified atom stereocenters. The first-order valence-corrected chi connectivity index (χ1v) is 4.88. The van der Waals surface area contributed by atoms with Crippen LogP contribution < -0.4 is 15.4 Å². The van der Waals surface area contributed by atoms with E-state index in [0.717, 1.165) is 25.3 Å². The lowest BCUT2D eigenvalue weighted by atomic mass is 10.2. The summed E-state index contributed by atoms with van der Waals surface area (Å²) in [4.78, 5) is 10.3. The second-order valence-electron chi connectivity index (χ2n) is 3.33. The van der Waals surface area contributed by atoms with Gasteiger partial charge in [0.2, 0.25) is 11.8 Å². The lowest BCUT2D eigenvalue weighted by molar-refractivity contribution is 0.397. The van der Waals surface area contributed by atoms with Crippen LogP contribution in [0.5, 0.6) is 5.88 Å². The number of nitrogens with two attached hydrogens (primary N) is 1. The van der Waals surface area contributed by atoms with Gasteiger partial charge in [-0.1, -0.05) is 12.2 Å². The van der Waals surface area contributed by atoms with Gasteiger partial charge >= 0.3 is 0 Å². The molecule has 0 fully saturated rings. The van der Waals surface area contributed by atoms with Gasteiger partial charge < -0.3 is 15.4 Å². The Kier molecular flexibility index (Phi) is 2.71. The maximum atomic E-state index is 5.59. The number of hydrogen-bond donors (Lipinski definition) is 1. The molecular weight excluding hydrogens is 192 g/mol. The van der Waals surface area contributed by atoms with Crippen LogP contribution in [0.3, 0.4) is 0 Å². The molecule has 2 rings (SSSR count). The van der Waals surface area contributed by atoms with Crippen molar-refractivity contribution < 1.29 is 4.74 Å². The summed E-state index contributed by atoms with van der Waals surface area (Å²) < 4.78 is 5.05. The molecule has 1 aliphatic heterocycles. The average Bonchev–Trinajstić information content (AvgIpc) is 2.29. The first-order chi connectivity index (χ1) is 7.29. The van der Waals surface area contributed by atoms with Gasteiger partial charge in [-0.05, 0) is 6.42 Å². The van der Waals surface area contributed by atoms with E-state index in [1.807, 2.05) is 0 Å². The Morgan fingerprint density at radius 2 is 2.27 bits per heavy atom. The first kappa shape index (κ1) is 9.76. The van der Waals surface area contributed by atoms with Crippen molar-refractivity contribution in [2.75, 3.05) is 30.8 Å². The van der Waals surface area contributed by atoms with Crippen molar-refractivity contribution in [3.05, 3.63) is 18.2 Å². The third-order valence-corrected chi connectivity index (χ3v) is 2.30. The Hall–Kier alpha value is -1.78. The fraction of sp³-hybridized carbons (Fsp3) is 0.400. The molecule has 0 aliphatic carbocycles. The Morgan fingerprint density at radius 3 is 2.93 bits per heavy atom. The van der Waals surface area contributed by atoms with Gasteiger partial charge in [0.05, 0.1) is 7.11 Å². The van der Waals surface area contributed by atoms with Crippen LogP contribution >= 0.6 is 0 Å². The van der Waals surface area contributed by atoms with Crippen LogP contribution in [-0.2, 0) is 0 Å². The number of nitrogens with zero attached hydrogens (tertiary/aromatic N) is 3. The molecule has 0 saturated heterocycles. The van der Waals surface area contributed by atoms with Crippen LogP contribution in [0.1, 0.15) is 6.42 Å². The number of aromatic nitrogens is 2. The van der Waals surface area contributed by atoms with Gasteiger partial charge in [0.15, 0.2) is 0 Å². The molecule has 80 valence electrons. The van der Waals surface area contributed by atoms with Crippen molar-refractivity contribution in [1.82, 2.24) is 9.97 Å². The number of hydrogen-bond acceptors (Lipinski definition) is 5. The van der Waals surface area contributed by atoms with Gasteiger partial charge in [0, 0.05) is 19.2 Å². The van der Waals surface area contributed by atoms with Crippen LogP contribution in [0, 0.1) is 0 Å². The fourth-order valence-electron chi connectivity index (χ4n) is 1.55. The molecule has 1 aliphatic rings. The Labute approximate surface area is 88.6 Å². The standard InChI is InChI=1S/C10H14N4O/c1-15-9-7-8(12-10(11)13-9)14-5-3-2-4-6-14/h2-3,7H,4-6H2,1H3,(H2,11,12,13). The average molecular weight is 206 g/mol. The van der Waals surface area contributed by atoms with E-state index in [-0.39, 0.29) is 5.95 Å². The molecule has 0 spiro atoms. The molecule has 1 aromatic rings. The number of anilines is 2. The molecule has 0 saturated carbocycles. The van der Waals surface area contributed by atoms with Crippen molar-refractivity contribution in [3.63, 3.8) is 0 Å². The Bertz CT molecular complexity index is 378. The molecule has 0 radical (unpaired) electrons. The van der Waals surface area contributed by atoms with Crippen LogP contribution in [0.15, 0.2) is 18.2 Å². The summed E-state index contributed by atoms with van der Waals surface area (Å²) in [6.45, 7) is 1.82. The number of methoxy groups -OCH3 is 1. The van der Waals surface area contributed by atoms with Crippen LogP contribution in [0.2, 0.25) is 0 Å². The molecule has 0 bridgehead atoms. The Balaban J connectivity index is 2.26. The first-order valence-electron chi connectivity index (χ1n) is 4.88. The third kappa shape index (κ3) is 2.18. The van der Waals surface area contributed by atoms with Crippen molar-refractivity contribution in [2.24, 2.45) is 0 Å². The summed E-state index contributed by atoms with van der Waals surface area (Å²) in [5, 5.41) is 0. The zero-order valence-corrected chi connectivity index (χ0v) is 8.68.